The van der Waals surface area contributed by atoms with Gasteiger partial charge in [-0.05, 0) is 47.2 Å². The van der Waals surface area contributed by atoms with Gasteiger partial charge in [0.05, 0.1) is 6.10 Å². The average molecular weight is 387 g/mol. The van der Waals surface area contributed by atoms with Gasteiger partial charge in [0.25, 0.3) is 0 Å². The molecule has 1 aliphatic rings. The lowest BCUT2D eigenvalue weighted by molar-refractivity contribution is 0.0474. The van der Waals surface area contributed by atoms with Gasteiger partial charge in [0.15, 0.2) is 0 Å². The summed E-state index contributed by atoms with van der Waals surface area (Å²) in [5.74, 6) is -0.224. The molecule has 0 saturated carbocycles. The molecular formula is C26H26FNO. The van der Waals surface area contributed by atoms with Gasteiger partial charge < -0.3 is 5.11 Å². The second-order valence-electron chi connectivity index (χ2n) is 7.63. The van der Waals surface area contributed by atoms with E-state index in [0.717, 1.165) is 37.1 Å². The second-order valence-corrected chi connectivity index (χ2v) is 7.63. The van der Waals surface area contributed by atoms with Gasteiger partial charge >= 0.3 is 0 Å². The highest BCUT2D eigenvalue weighted by Crippen LogP contribution is 2.32. The molecule has 1 saturated heterocycles. The van der Waals surface area contributed by atoms with E-state index in [2.05, 4.69) is 41.3 Å². The molecule has 3 aromatic carbocycles. The maximum Gasteiger partial charge on any atom is 0.123 e. The Morgan fingerprint density at radius 2 is 1.72 bits per heavy atom. The Morgan fingerprint density at radius 3 is 2.48 bits per heavy atom. The molecule has 1 aliphatic heterocycles. The Bertz CT molecular complexity index is 952. The molecule has 4 rings (SSSR count). The quantitative estimate of drug-likeness (QED) is 0.607. The maximum atomic E-state index is 13.5. The normalized spacial score (nSPS) is 20.2. The van der Waals surface area contributed by atoms with Gasteiger partial charge in [0, 0.05) is 19.1 Å². The minimum Gasteiger partial charge on any atom is -0.393 e. The molecule has 0 bridgehead atoms. The van der Waals surface area contributed by atoms with Crippen molar-refractivity contribution in [3.8, 4) is 11.1 Å². The molecule has 29 heavy (non-hydrogen) atoms. The number of aliphatic hydroxyl groups excluding tert-OH is 1. The lowest BCUT2D eigenvalue weighted by Crippen LogP contribution is -2.38. The first-order chi connectivity index (χ1) is 14.2. The second kappa shape index (κ2) is 9.17. The van der Waals surface area contributed by atoms with Crippen LogP contribution in [0.5, 0.6) is 0 Å². The van der Waals surface area contributed by atoms with E-state index in [9.17, 15) is 9.50 Å². The minimum absolute atomic E-state index is 0.181. The number of likely N-dealkylation sites (tertiary alicyclic amines) is 1. The summed E-state index contributed by atoms with van der Waals surface area (Å²) < 4.78 is 13.5. The van der Waals surface area contributed by atoms with E-state index in [1.165, 1.54) is 17.2 Å². The van der Waals surface area contributed by atoms with Gasteiger partial charge in [0.1, 0.15) is 5.82 Å². The number of halogens is 1. The van der Waals surface area contributed by atoms with Crippen molar-refractivity contribution < 1.29 is 9.50 Å². The molecule has 2 unspecified atom stereocenters. The Kier molecular flexibility index (Phi) is 6.18. The molecule has 2 nitrogen and oxygen atoms in total. The predicted molar refractivity (Wildman–Crippen MR) is 117 cm³/mol. The molecule has 1 N–H and O–H groups in total. The van der Waals surface area contributed by atoms with Crippen LogP contribution in [-0.2, 0) is 0 Å². The molecule has 148 valence electrons. The zero-order valence-corrected chi connectivity index (χ0v) is 16.4. The lowest BCUT2D eigenvalue weighted by Gasteiger charge is -2.37. The van der Waals surface area contributed by atoms with E-state index in [1.54, 1.807) is 12.1 Å². The summed E-state index contributed by atoms with van der Waals surface area (Å²) in [6.07, 6.45) is 5.61. The zero-order chi connectivity index (χ0) is 20.1. The Morgan fingerprint density at radius 1 is 0.931 bits per heavy atom. The molecule has 0 radical (unpaired) electrons. The topological polar surface area (TPSA) is 23.5 Å². The SMILES string of the molecule is OC1CCN(CC=Cc2ccccc2)C(c2ccc(-c3cccc(F)c3)cc2)C1. The van der Waals surface area contributed by atoms with Gasteiger partial charge in [-0.3, -0.25) is 4.90 Å². The summed E-state index contributed by atoms with van der Waals surface area (Å²) in [5, 5.41) is 10.2. The number of aliphatic hydroxyl groups is 1. The van der Waals surface area contributed by atoms with Crippen molar-refractivity contribution in [2.75, 3.05) is 13.1 Å². The molecule has 3 aromatic rings. The highest BCUT2D eigenvalue weighted by molar-refractivity contribution is 5.63. The van der Waals surface area contributed by atoms with E-state index >= 15 is 0 Å². The van der Waals surface area contributed by atoms with Crippen LogP contribution in [0.4, 0.5) is 4.39 Å². The highest BCUT2D eigenvalue weighted by Gasteiger charge is 2.27. The van der Waals surface area contributed by atoms with Crippen molar-refractivity contribution in [3.05, 3.63) is 102 Å². The number of hydrogen-bond donors (Lipinski definition) is 1. The minimum atomic E-state index is -0.266. The van der Waals surface area contributed by atoms with E-state index in [1.807, 2.05) is 36.4 Å². The van der Waals surface area contributed by atoms with Crippen molar-refractivity contribution in [3.63, 3.8) is 0 Å². The fraction of sp³-hybridized carbons (Fsp3) is 0.231. The van der Waals surface area contributed by atoms with Crippen molar-refractivity contribution in [2.24, 2.45) is 0 Å². The van der Waals surface area contributed by atoms with Crippen LogP contribution in [0.2, 0.25) is 0 Å². The first-order valence-electron chi connectivity index (χ1n) is 10.2. The summed E-state index contributed by atoms with van der Waals surface area (Å²) in [6, 6.07) is 25.5. The van der Waals surface area contributed by atoms with Gasteiger partial charge in [0.2, 0.25) is 0 Å². The van der Waals surface area contributed by atoms with Crippen LogP contribution in [-0.4, -0.2) is 29.2 Å². The molecule has 1 fully saturated rings. The molecule has 2 atom stereocenters. The molecular weight excluding hydrogens is 361 g/mol. The third kappa shape index (κ3) is 5.00. The number of piperidine rings is 1. The fourth-order valence-corrected chi connectivity index (χ4v) is 4.01. The van der Waals surface area contributed by atoms with Crippen molar-refractivity contribution in [1.29, 1.82) is 0 Å². The molecule has 0 amide bonds. The van der Waals surface area contributed by atoms with Crippen LogP contribution in [0.15, 0.2) is 84.9 Å². The summed E-state index contributed by atoms with van der Waals surface area (Å²) in [4.78, 5) is 2.42. The molecule has 1 heterocycles. The third-order valence-corrected chi connectivity index (χ3v) is 5.59. The third-order valence-electron chi connectivity index (χ3n) is 5.59. The van der Waals surface area contributed by atoms with Crippen LogP contribution in [0.25, 0.3) is 17.2 Å². The van der Waals surface area contributed by atoms with Gasteiger partial charge in [-0.25, -0.2) is 4.39 Å². The van der Waals surface area contributed by atoms with Crippen molar-refractivity contribution >= 4 is 6.08 Å². The van der Waals surface area contributed by atoms with Gasteiger partial charge in [-0.15, -0.1) is 0 Å². The smallest absolute Gasteiger partial charge is 0.123 e. The van der Waals surface area contributed by atoms with Gasteiger partial charge in [-0.1, -0.05) is 78.9 Å². The maximum absolute atomic E-state index is 13.5. The monoisotopic (exact) mass is 387 g/mol. The first kappa shape index (κ1) is 19.6. The molecule has 0 aromatic heterocycles. The average Bonchev–Trinajstić information content (AvgIpc) is 2.76. The standard InChI is InChI=1S/C26H26FNO/c27-24-10-4-9-23(18-24)21-11-13-22(14-12-21)26-19-25(29)15-17-28(26)16-5-8-20-6-2-1-3-7-20/h1-14,18,25-26,29H,15-17,19H2. The predicted octanol–water partition coefficient (Wildman–Crippen LogP) is 5.70. The van der Waals surface area contributed by atoms with E-state index in [4.69, 9.17) is 0 Å². The van der Waals surface area contributed by atoms with Crippen LogP contribution < -0.4 is 0 Å². The Balaban J connectivity index is 1.50. The zero-order valence-electron chi connectivity index (χ0n) is 16.4. The number of benzene rings is 3. The number of nitrogens with zero attached hydrogens (tertiary/aromatic N) is 1. The van der Waals surface area contributed by atoms with Crippen LogP contribution in [0, 0.1) is 5.82 Å². The van der Waals surface area contributed by atoms with Crippen LogP contribution >= 0.6 is 0 Å². The summed E-state index contributed by atoms with van der Waals surface area (Å²) in [7, 11) is 0. The molecule has 3 heteroatoms. The molecule has 0 spiro atoms. The fourth-order valence-electron chi connectivity index (χ4n) is 4.01. The van der Waals surface area contributed by atoms with E-state index in [-0.39, 0.29) is 18.0 Å². The first-order valence-corrected chi connectivity index (χ1v) is 10.2. The van der Waals surface area contributed by atoms with Gasteiger partial charge in [-0.2, -0.15) is 0 Å². The summed E-state index contributed by atoms with van der Waals surface area (Å²) >= 11 is 0. The summed E-state index contributed by atoms with van der Waals surface area (Å²) in [5.41, 5.74) is 4.26. The summed E-state index contributed by atoms with van der Waals surface area (Å²) in [6.45, 7) is 1.72. The van der Waals surface area contributed by atoms with Crippen LogP contribution in [0.3, 0.4) is 0 Å². The van der Waals surface area contributed by atoms with Crippen LogP contribution in [0.1, 0.15) is 30.0 Å². The Hall–Kier alpha value is -2.75. The lowest BCUT2D eigenvalue weighted by atomic mass is 9.92. The van der Waals surface area contributed by atoms with Crippen molar-refractivity contribution in [1.82, 2.24) is 4.90 Å². The highest BCUT2D eigenvalue weighted by atomic mass is 19.1. The number of rotatable bonds is 5. The molecule has 0 aliphatic carbocycles. The largest absolute Gasteiger partial charge is 0.393 e. The van der Waals surface area contributed by atoms with Crippen molar-refractivity contribution in [2.45, 2.75) is 25.0 Å². The number of hydrogen-bond acceptors (Lipinski definition) is 2. The Labute approximate surface area is 171 Å². The van der Waals surface area contributed by atoms with E-state index in [0.29, 0.717) is 0 Å². The van der Waals surface area contributed by atoms with E-state index < -0.39 is 0 Å².